The number of hydrogen-bond acceptors (Lipinski definition) is 4. The molecule has 0 saturated heterocycles. The van der Waals surface area contributed by atoms with E-state index in [0.717, 1.165) is 21.9 Å². The predicted octanol–water partition coefficient (Wildman–Crippen LogP) is 5.53. The van der Waals surface area contributed by atoms with Gasteiger partial charge in [0.05, 0.1) is 10.6 Å². The number of nitrogens with zero attached hydrogens (tertiary/aromatic N) is 2. The summed E-state index contributed by atoms with van der Waals surface area (Å²) in [6.07, 6.45) is 1.67. The minimum atomic E-state index is -4.15. The van der Waals surface area contributed by atoms with Crippen molar-refractivity contribution in [1.82, 2.24) is 10.2 Å². The van der Waals surface area contributed by atoms with E-state index >= 15 is 0 Å². The number of rotatable bonds is 13. The van der Waals surface area contributed by atoms with Crippen molar-refractivity contribution in [3.63, 3.8) is 0 Å². The molecule has 0 aliphatic carbocycles. The Balaban J connectivity index is 2.04. The number of nitrogens with one attached hydrogen (secondary N) is 1. The Kier molecular flexibility index (Phi) is 11.2. The van der Waals surface area contributed by atoms with Crippen molar-refractivity contribution in [3.05, 3.63) is 94.5 Å². The van der Waals surface area contributed by atoms with Crippen molar-refractivity contribution in [2.75, 3.05) is 23.9 Å². The molecule has 1 atom stereocenters. The molecule has 0 saturated carbocycles. The van der Waals surface area contributed by atoms with E-state index in [1.54, 1.807) is 37.3 Å². The van der Waals surface area contributed by atoms with Crippen molar-refractivity contribution >= 4 is 39.1 Å². The van der Waals surface area contributed by atoms with Gasteiger partial charge in [-0.1, -0.05) is 79.5 Å². The lowest BCUT2D eigenvalue weighted by molar-refractivity contribution is -0.139. The molecule has 0 fully saturated rings. The van der Waals surface area contributed by atoms with Gasteiger partial charge >= 0.3 is 0 Å². The van der Waals surface area contributed by atoms with Crippen LogP contribution < -0.4 is 9.62 Å². The third-order valence-electron chi connectivity index (χ3n) is 6.81. The lowest BCUT2D eigenvalue weighted by Crippen LogP contribution is -2.53. The third-order valence-corrected chi connectivity index (χ3v) is 9.00. The van der Waals surface area contributed by atoms with Gasteiger partial charge in [-0.2, -0.15) is 0 Å². The van der Waals surface area contributed by atoms with Crippen LogP contribution in [0.3, 0.4) is 0 Å². The van der Waals surface area contributed by atoms with Gasteiger partial charge < -0.3 is 10.2 Å². The van der Waals surface area contributed by atoms with Crippen LogP contribution in [-0.2, 0) is 26.0 Å². The number of amides is 2. The molecule has 7 nitrogen and oxygen atoms in total. The van der Waals surface area contributed by atoms with E-state index in [1.165, 1.54) is 17.0 Å². The summed E-state index contributed by atoms with van der Waals surface area (Å²) in [4.78, 5) is 28.8. The largest absolute Gasteiger partial charge is 0.354 e. The molecule has 3 aromatic rings. The highest BCUT2D eigenvalue weighted by Crippen LogP contribution is 2.31. The van der Waals surface area contributed by atoms with E-state index in [2.05, 4.69) is 5.32 Å². The van der Waals surface area contributed by atoms with E-state index in [4.69, 9.17) is 11.6 Å². The summed E-state index contributed by atoms with van der Waals surface area (Å²) in [5, 5.41) is 3.29. The number of aryl methyl sites for hydroxylation is 1. The molecule has 2 amide bonds. The highest BCUT2D eigenvalue weighted by Gasteiger charge is 2.34. The maximum atomic E-state index is 14.1. The summed E-state index contributed by atoms with van der Waals surface area (Å²) >= 11 is 6.38. The fraction of sp³-hybridized carbons (Fsp3) is 0.355. The van der Waals surface area contributed by atoms with Crippen LogP contribution in [0.15, 0.2) is 77.7 Å². The Morgan fingerprint density at radius 1 is 0.925 bits per heavy atom. The molecular formula is C31H38ClN3O4S. The van der Waals surface area contributed by atoms with Crippen LogP contribution in [-0.4, -0.2) is 50.8 Å². The standard InChI is InChI=1S/C31H38ClN3O4S/c1-5-20-33-31(37)28(6-2)34(21-19-25-11-8-7-9-12-25)30(36)22-35(29-14-10-13-27(32)24(29)4)40(38,39)26-17-15-23(3)16-18-26/h7-18,28H,5-6,19-22H2,1-4H3,(H,33,37)/t28-/m1/s1. The Hall–Kier alpha value is -3.36. The summed E-state index contributed by atoms with van der Waals surface area (Å²) in [7, 11) is -4.15. The molecule has 0 aromatic heterocycles. The van der Waals surface area contributed by atoms with Crippen LogP contribution in [0.5, 0.6) is 0 Å². The minimum absolute atomic E-state index is 0.0637. The number of halogens is 1. The Morgan fingerprint density at radius 2 is 1.60 bits per heavy atom. The van der Waals surface area contributed by atoms with Crippen molar-refractivity contribution < 1.29 is 18.0 Å². The summed E-state index contributed by atoms with van der Waals surface area (Å²) < 4.78 is 29.1. The van der Waals surface area contributed by atoms with Gasteiger partial charge in [-0.15, -0.1) is 0 Å². The van der Waals surface area contributed by atoms with Crippen molar-refractivity contribution in [3.8, 4) is 0 Å². The molecule has 0 aliphatic rings. The van der Waals surface area contributed by atoms with Gasteiger partial charge in [0.2, 0.25) is 11.8 Å². The second-order valence-electron chi connectivity index (χ2n) is 9.75. The van der Waals surface area contributed by atoms with Crippen LogP contribution in [0.4, 0.5) is 5.69 Å². The van der Waals surface area contributed by atoms with Crippen LogP contribution in [0.1, 0.15) is 43.4 Å². The van der Waals surface area contributed by atoms with E-state index in [9.17, 15) is 18.0 Å². The first-order valence-corrected chi connectivity index (χ1v) is 15.4. The van der Waals surface area contributed by atoms with Gasteiger partial charge in [0.25, 0.3) is 10.0 Å². The third kappa shape index (κ3) is 7.64. The molecule has 0 unspecified atom stereocenters. The highest BCUT2D eigenvalue weighted by atomic mass is 35.5. The second-order valence-corrected chi connectivity index (χ2v) is 12.0. The Morgan fingerprint density at radius 3 is 2.23 bits per heavy atom. The van der Waals surface area contributed by atoms with Gasteiger partial charge in [0.1, 0.15) is 12.6 Å². The number of carbonyl (C=O) groups excluding carboxylic acids is 2. The van der Waals surface area contributed by atoms with Gasteiger partial charge in [-0.3, -0.25) is 13.9 Å². The zero-order valence-corrected chi connectivity index (χ0v) is 25.1. The molecule has 0 bridgehead atoms. The molecule has 40 heavy (non-hydrogen) atoms. The Labute approximate surface area is 243 Å². The summed E-state index contributed by atoms with van der Waals surface area (Å²) in [6, 6.07) is 20.4. The van der Waals surface area contributed by atoms with Crippen LogP contribution >= 0.6 is 11.6 Å². The molecule has 214 valence electrons. The van der Waals surface area contributed by atoms with Crippen molar-refractivity contribution in [2.45, 2.75) is 57.9 Å². The maximum Gasteiger partial charge on any atom is 0.264 e. The smallest absolute Gasteiger partial charge is 0.264 e. The van der Waals surface area contributed by atoms with E-state index in [-0.39, 0.29) is 17.3 Å². The molecule has 3 aromatic carbocycles. The van der Waals surface area contributed by atoms with Gasteiger partial charge in [0, 0.05) is 18.1 Å². The number of carbonyl (C=O) groups is 2. The number of benzene rings is 3. The molecule has 0 aliphatic heterocycles. The summed E-state index contributed by atoms with van der Waals surface area (Å²) in [6.45, 7) is 7.67. The quantitative estimate of drug-likeness (QED) is 0.287. The number of anilines is 1. The lowest BCUT2D eigenvalue weighted by Gasteiger charge is -2.33. The zero-order chi connectivity index (χ0) is 29.3. The van der Waals surface area contributed by atoms with Crippen LogP contribution in [0.2, 0.25) is 5.02 Å². The first-order chi connectivity index (χ1) is 19.1. The first kappa shape index (κ1) is 31.2. The van der Waals surface area contributed by atoms with Crippen molar-refractivity contribution in [1.29, 1.82) is 0 Å². The fourth-order valence-corrected chi connectivity index (χ4v) is 6.12. The number of sulfonamides is 1. The summed E-state index contributed by atoms with van der Waals surface area (Å²) in [5.74, 6) is -0.720. The summed E-state index contributed by atoms with van der Waals surface area (Å²) in [5.41, 5.74) is 2.78. The van der Waals surface area contributed by atoms with Gasteiger partial charge in [0.15, 0.2) is 0 Å². The average molecular weight is 584 g/mol. The monoisotopic (exact) mass is 583 g/mol. The molecule has 0 heterocycles. The Bertz CT molecular complexity index is 1400. The minimum Gasteiger partial charge on any atom is -0.354 e. The highest BCUT2D eigenvalue weighted by molar-refractivity contribution is 7.92. The van der Waals surface area contributed by atoms with E-state index in [0.29, 0.717) is 35.7 Å². The lowest BCUT2D eigenvalue weighted by atomic mass is 10.1. The second kappa shape index (κ2) is 14.3. The topological polar surface area (TPSA) is 86.8 Å². The van der Waals surface area contributed by atoms with E-state index in [1.807, 2.05) is 51.1 Å². The van der Waals surface area contributed by atoms with Gasteiger partial charge in [-0.25, -0.2) is 8.42 Å². The zero-order valence-electron chi connectivity index (χ0n) is 23.6. The maximum absolute atomic E-state index is 14.1. The van der Waals surface area contributed by atoms with Crippen LogP contribution in [0.25, 0.3) is 0 Å². The molecular weight excluding hydrogens is 546 g/mol. The molecule has 0 spiro atoms. The number of hydrogen-bond donors (Lipinski definition) is 1. The molecule has 0 radical (unpaired) electrons. The molecule has 3 rings (SSSR count). The fourth-order valence-electron chi connectivity index (χ4n) is 4.48. The normalized spacial score (nSPS) is 12.0. The molecule has 1 N–H and O–H groups in total. The van der Waals surface area contributed by atoms with Crippen molar-refractivity contribution in [2.24, 2.45) is 0 Å². The first-order valence-electron chi connectivity index (χ1n) is 13.6. The van der Waals surface area contributed by atoms with Crippen LogP contribution in [0, 0.1) is 13.8 Å². The molecule has 9 heteroatoms. The average Bonchev–Trinajstić information content (AvgIpc) is 2.95. The van der Waals surface area contributed by atoms with Gasteiger partial charge in [-0.05, 0) is 68.5 Å². The van der Waals surface area contributed by atoms with E-state index < -0.39 is 28.5 Å². The predicted molar refractivity (Wildman–Crippen MR) is 161 cm³/mol. The SMILES string of the molecule is CCCNC(=O)[C@@H](CC)N(CCc1ccccc1)C(=O)CN(c1cccc(Cl)c1C)S(=O)(=O)c1ccc(C)cc1.